The second kappa shape index (κ2) is 5.33. The quantitative estimate of drug-likeness (QED) is 0.607. The largest absolute Gasteiger partial charge is 0.393 e. The van der Waals surface area contributed by atoms with E-state index in [1.54, 1.807) is 0 Å². The second-order valence-corrected chi connectivity index (χ2v) is 3.41. The topological polar surface area (TPSA) is 23.5 Å². The molecule has 0 saturated heterocycles. The maximum atomic E-state index is 9.38. The summed E-state index contributed by atoms with van der Waals surface area (Å²) in [5, 5.41) is 9.38. The maximum Gasteiger partial charge on any atom is 0.0589 e. The van der Waals surface area contributed by atoms with Gasteiger partial charge < -0.3 is 10.0 Å². The lowest BCUT2D eigenvalue weighted by Crippen LogP contribution is -2.19. The van der Waals surface area contributed by atoms with Crippen LogP contribution in [0.3, 0.4) is 0 Å². The lowest BCUT2D eigenvalue weighted by atomic mass is 10.1. The average molecular weight is 157 g/mol. The van der Waals surface area contributed by atoms with Gasteiger partial charge in [0.15, 0.2) is 0 Å². The molecule has 1 atom stereocenters. The van der Waals surface area contributed by atoms with Gasteiger partial charge >= 0.3 is 0 Å². The molecule has 11 heavy (non-hydrogen) atoms. The Bertz CT molecular complexity index is 121. The molecule has 0 saturated carbocycles. The van der Waals surface area contributed by atoms with Gasteiger partial charge in [-0.1, -0.05) is 5.57 Å². The van der Waals surface area contributed by atoms with Gasteiger partial charge in [-0.3, -0.25) is 0 Å². The van der Waals surface area contributed by atoms with E-state index in [2.05, 4.69) is 11.5 Å². The van der Waals surface area contributed by atoms with Gasteiger partial charge in [-0.2, -0.15) is 0 Å². The highest BCUT2D eigenvalue weighted by Crippen LogP contribution is 2.05. The van der Waals surface area contributed by atoms with E-state index >= 15 is 0 Å². The van der Waals surface area contributed by atoms with Crippen molar-refractivity contribution in [2.24, 2.45) is 0 Å². The highest BCUT2D eigenvalue weighted by Gasteiger charge is 2.03. The first-order valence-electron chi connectivity index (χ1n) is 3.99. The summed E-state index contributed by atoms with van der Waals surface area (Å²) in [4.78, 5) is 2.07. The zero-order valence-electron chi connectivity index (χ0n) is 7.80. The van der Waals surface area contributed by atoms with Crippen LogP contribution < -0.4 is 0 Å². The van der Waals surface area contributed by atoms with E-state index in [1.807, 2.05) is 21.0 Å². The minimum atomic E-state index is -0.213. The second-order valence-electron chi connectivity index (χ2n) is 3.41. The van der Waals surface area contributed by atoms with E-state index in [-0.39, 0.29) is 6.10 Å². The van der Waals surface area contributed by atoms with Crippen molar-refractivity contribution < 1.29 is 5.11 Å². The number of aliphatic hydroxyl groups excluding tert-OH is 1. The summed E-state index contributed by atoms with van der Waals surface area (Å²) in [5.41, 5.74) is 1.05. The van der Waals surface area contributed by atoms with Crippen molar-refractivity contribution in [2.45, 2.75) is 25.9 Å². The fourth-order valence-corrected chi connectivity index (χ4v) is 0.912. The van der Waals surface area contributed by atoms with Crippen molar-refractivity contribution >= 4 is 0 Å². The summed E-state index contributed by atoms with van der Waals surface area (Å²) in [7, 11) is 4.01. The van der Waals surface area contributed by atoms with Crippen LogP contribution in [0.5, 0.6) is 0 Å². The number of nitrogens with zero attached hydrogens (tertiary/aromatic N) is 1. The monoisotopic (exact) mass is 157 g/mol. The number of hydrogen-bond acceptors (Lipinski definition) is 2. The van der Waals surface area contributed by atoms with Crippen LogP contribution in [0.15, 0.2) is 12.2 Å². The Morgan fingerprint density at radius 3 is 2.45 bits per heavy atom. The normalized spacial score (nSPS) is 13.5. The van der Waals surface area contributed by atoms with Crippen molar-refractivity contribution in [3.05, 3.63) is 12.2 Å². The van der Waals surface area contributed by atoms with Crippen molar-refractivity contribution in [1.82, 2.24) is 4.90 Å². The molecule has 1 N–H and O–H groups in total. The van der Waals surface area contributed by atoms with E-state index in [4.69, 9.17) is 0 Å². The maximum absolute atomic E-state index is 9.38. The van der Waals surface area contributed by atoms with Gasteiger partial charge in [0, 0.05) is 0 Å². The molecule has 0 aromatic carbocycles. The third-order valence-corrected chi connectivity index (χ3v) is 1.49. The summed E-state index contributed by atoms with van der Waals surface area (Å²) in [6.07, 6.45) is 1.35. The summed E-state index contributed by atoms with van der Waals surface area (Å²) in [6, 6.07) is 0. The standard InChI is InChI=1S/C9H19NO/c1-8(2)7-9(11)5-6-10(3)4/h9,11H,1,5-7H2,2-4H3. The minimum absolute atomic E-state index is 0.213. The predicted octanol–water partition coefficient (Wildman–Crippen LogP) is 1.27. The fourth-order valence-electron chi connectivity index (χ4n) is 0.912. The van der Waals surface area contributed by atoms with Gasteiger partial charge in [0.2, 0.25) is 0 Å². The van der Waals surface area contributed by atoms with E-state index < -0.39 is 0 Å². The van der Waals surface area contributed by atoms with Gasteiger partial charge in [-0.05, 0) is 40.4 Å². The van der Waals surface area contributed by atoms with Gasteiger partial charge in [0.25, 0.3) is 0 Å². The molecule has 0 aromatic rings. The lowest BCUT2D eigenvalue weighted by Gasteiger charge is -2.13. The lowest BCUT2D eigenvalue weighted by molar-refractivity contribution is 0.152. The molecule has 0 heterocycles. The van der Waals surface area contributed by atoms with Crippen LogP contribution in [0.25, 0.3) is 0 Å². The van der Waals surface area contributed by atoms with Crippen LogP contribution in [-0.4, -0.2) is 36.8 Å². The molecule has 0 rings (SSSR count). The first-order valence-corrected chi connectivity index (χ1v) is 3.99. The molecule has 0 radical (unpaired) electrons. The number of hydrogen-bond donors (Lipinski definition) is 1. The molecule has 0 aliphatic rings. The molecular formula is C9H19NO. The highest BCUT2D eigenvalue weighted by molar-refractivity contribution is 4.90. The van der Waals surface area contributed by atoms with Crippen LogP contribution in [0, 0.1) is 0 Å². The first kappa shape index (κ1) is 10.7. The van der Waals surface area contributed by atoms with Crippen molar-refractivity contribution in [3.63, 3.8) is 0 Å². The summed E-state index contributed by atoms with van der Waals surface area (Å²) >= 11 is 0. The zero-order valence-corrected chi connectivity index (χ0v) is 7.80. The molecule has 0 spiro atoms. The van der Waals surface area contributed by atoms with Crippen LogP contribution in [0.2, 0.25) is 0 Å². The Kier molecular flexibility index (Phi) is 5.16. The average Bonchev–Trinajstić information content (AvgIpc) is 1.82. The van der Waals surface area contributed by atoms with E-state index in [9.17, 15) is 5.11 Å². The van der Waals surface area contributed by atoms with E-state index in [0.29, 0.717) is 0 Å². The molecule has 0 aromatic heterocycles. The van der Waals surface area contributed by atoms with Gasteiger partial charge in [0.1, 0.15) is 0 Å². The Labute approximate surface area is 69.5 Å². The van der Waals surface area contributed by atoms with Crippen LogP contribution in [0.1, 0.15) is 19.8 Å². The summed E-state index contributed by atoms with van der Waals surface area (Å²) in [5.74, 6) is 0. The molecule has 0 fully saturated rings. The SMILES string of the molecule is C=C(C)CC(O)CCN(C)C. The predicted molar refractivity (Wildman–Crippen MR) is 48.6 cm³/mol. The Morgan fingerprint density at radius 1 is 1.55 bits per heavy atom. The van der Waals surface area contributed by atoms with Crippen LogP contribution >= 0.6 is 0 Å². The first-order chi connectivity index (χ1) is 5.02. The van der Waals surface area contributed by atoms with Crippen LogP contribution in [-0.2, 0) is 0 Å². The molecule has 2 heteroatoms. The minimum Gasteiger partial charge on any atom is -0.393 e. The van der Waals surface area contributed by atoms with Crippen molar-refractivity contribution in [2.75, 3.05) is 20.6 Å². The van der Waals surface area contributed by atoms with Crippen LogP contribution in [0.4, 0.5) is 0 Å². The Hall–Kier alpha value is -0.340. The molecule has 1 unspecified atom stereocenters. The third-order valence-electron chi connectivity index (χ3n) is 1.49. The van der Waals surface area contributed by atoms with Gasteiger partial charge in [-0.25, -0.2) is 0 Å². The summed E-state index contributed by atoms with van der Waals surface area (Å²) < 4.78 is 0. The smallest absolute Gasteiger partial charge is 0.0589 e. The zero-order chi connectivity index (χ0) is 8.85. The number of rotatable bonds is 5. The van der Waals surface area contributed by atoms with Gasteiger partial charge in [0.05, 0.1) is 6.10 Å². The highest BCUT2D eigenvalue weighted by atomic mass is 16.3. The Morgan fingerprint density at radius 2 is 2.09 bits per heavy atom. The van der Waals surface area contributed by atoms with Crippen molar-refractivity contribution in [3.8, 4) is 0 Å². The number of aliphatic hydroxyl groups is 1. The van der Waals surface area contributed by atoms with E-state index in [1.165, 1.54) is 0 Å². The molecule has 0 aliphatic heterocycles. The Balaban J connectivity index is 3.37. The van der Waals surface area contributed by atoms with E-state index in [0.717, 1.165) is 25.0 Å². The van der Waals surface area contributed by atoms with Crippen molar-refractivity contribution in [1.29, 1.82) is 0 Å². The fraction of sp³-hybridized carbons (Fsp3) is 0.778. The molecule has 0 aliphatic carbocycles. The molecule has 2 nitrogen and oxygen atoms in total. The molecular weight excluding hydrogens is 138 g/mol. The third kappa shape index (κ3) is 7.56. The molecule has 0 bridgehead atoms. The molecule has 0 amide bonds. The summed E-state index contributed by atoms with van der Waals surface area (Å²) in [6.45, 7) is 6.63. The van der Waals surface area contributed by atoms with Gasteiger partial charge in [-0.15, -0.1) is 6.58 Å². The molecule has 66 valence electrons.